The number of hydrogen-bond donors (Lipinski definition) is 0. The fourth-order valence-electron chi connectivity index (χ4n) is 7.19. The number of para-hydroxylation sites is 4. The molecule has 212 valence electrons. The molecule has 3 heterocycles. The Morgan fingerprint density at radius 3 is 2.09 bits per heavy atom. The molecule has 0 amide bonds. The van der Waals surface area contributed by atoms with E-state index in [1.807, 2.05) is 6.07 Å². The molecule has 0 radical (unpaired) electrons. The van der Waals surface area contributed by atoms with Gasteiger partial charge in [-0.3, -0.25) is 0 Å². The van der Waals surface area contributed by atoms with Crippen LogP contribution in [0.15, 0.2) is 156 Å². The topological polar surface area (TPSA) is 18.1 Å². The van der Waals surface area contributed by atoms with Gasteiger partial charge in [0.15, 0.2) is 0 Å². The van der Waals surface area contributed by atoms with Gasteiger partial charge in [0.2, 0.25) is 0 Å². The minimum absolute atomic E-state index is 0.287. The summed E-state index contributed by atoms with van der Waals surface area (Å²) in [6.07, 6.45) is 0. The van der Waals surface area contributed by atoms with Crippen LogP contribution in [0.5, 0.6) is 0 Å². The summed E-state index contributed by atoms with van der Waals surface area (Å²) in [6, 6.07) is 55.2. The summed E-state index contributed by atoms with van der Waals surface area (Å²) < 4.78 is 12.1. The van der Waals surface area contributed by atoms with Crippen LogP contribution in [-0.4, -0.2) is 4.57 Å². The summed E-state index contributed by atoms with van der Waals surface area (Å²) >= 11 is -0.287. The van der Waals surface area contributed by atoms with Gasteiger partial charge >= 0.3 is 272 Å². The Labute approximate surface area is 270 Å². The summed E-state index contributed by atoms with van der Waals surface area (Å²) in [7, 11) is 0. The number of benzene rings is 7. The molecule has 0 saturated heterocycles. The molecule has 0 unspecified atom stereocenters. The molecule has 9 aromatic rings. The van der Waals surface area contributed by atoms with Crippen LogP contribution >= 0.6 is 0 Å². The molecule has 10 rings (SSSR count). The second kappa shape index (κ2) is 9.68. The summed E-state index contributed by atoms with van der Waals surface area (Å²) in [4.78, 5) is 0. The van der Waals surface area contributed by atoms with Crippen LogP contribution in [0.2, 0.25) is 0 Å². The molecule has 1 aliphatic rings. The third kappa shape index (κ3) is 3.68. The third-order valence-electron chi connectivity index (χ3n) is 9.15. The van der Waals surface area contributed by atoms with E-state index in [4.69, 9.17) is 4.42 Å². The fourth-order valence-corrected chi connectivity index (χ4v) is 10.5. The van der Waals surface area contributed by atoms with E-state index < -0.39 is 0 Å². The molecule has 0 spiro atoms. The van der Waals surface area contributed by atoms with Crippen LogP contribution in [0.3, 0.4) is 0 Å². The Bertz CT molecular complexity index is 2630. The Hall–Kier alpha value is -5.13. The number of aromatic nitrogens is 1. The Kier molecular flexibility index (Phi) is 5.43. The average molecular weight is 687 g/mol. The first-order valence-electron chi connectivity index (χ1n) is 15.2. The number of rotatable bonds is 3. The maximum atomic E-state index is 6.66. The predicted molar refractivity (Wildman–Crippen MR) is 182 cm³/mol. The van der Waals surface area contributed by atoms with Crippen LogP contribution in [0.4, 0.5) is 0 Å². The molecular formula is C42H25INO-. The van der Waals surface area contributed by atoms with Gasteiger partial charge in [0.1, 0.15) is 0 Å². The zero-order chi connectivity index (χ0) is 29.5. The number of fused-ring (bicyclic) bond motifs is 9. The molecule has 0 aliphatic carbocycles. The molecule has 0 fully saturated rings. The molecule has 2 nitrogen and oxygen atoms in total. The molecular weight excluding hydrogens is 661 g/mol. The van der Waals surface area contributed by atoms with Crippen molar-refractivity contribution in [1.29, 1.82) is 0 Å². The first-order chi connectivity index (χ1) is 22.3. The van der Waals surface area contributed by atoms with Crippen molar-refractivity contribution < 1.29 is 25.6 Å². The van der Waals surface area contributed by atoms with E-state index >= 15 is 0 Å². The predicted octanol–water partition coefficient (Wildman–Crippen LogP) is 8.13. The van der Waals surface area contributed by atoms with Crippen LogP contribution < -0.4 is 21.2 Å². The van der Waals surface area contributed by atoms with Crippen molar-refractivity contribution in [3.63, 3.8) is 0 Å². The molecule has 45 heavy (non-hydrogen) atoms. The number of nitrogens with zero attached hydrogens (tertiary/aromatic N) is 1. The van der Waals surface area contributed by atoms with Crippen molar-refractivity contribution in [2.75, 3.05) is 0 Å². The van der Waals surface area contributed by atoms with Crippen molar-refractivity contribution in [1.82, 2.24) is 4.57 Å². The Balaban J connectivity index is 1.36. The molecule has 0 atom stereocenters. The zero-order valence-electron chi connectivity index (χ0n) is 24.2. The Morgan fingerprint density at radius 2 is 1.16 bits per heavy atom. The van der Waals surface area contributed by atoms with E-state index in [-0.39, 0.29) is 21.2 Å². The van der Waals surface area contributed by atoms with Crippen LogP contribution in [0, 0.1) is 7.14 Å². The van der Waals surface area contributed by atoms with Gasteiger partial charge < -0.3 is 0 Å². The van der Waals surface area contributed by atoms with Gasteiger partial charge in [0.05, 0.1) is 0 Å². The molecule has 0 N–H and O–H groups in total. The van der Waals surface area contributed by atoms with E-state index in [9.17, 15) is 0 Å². The van der Waals surface area contributed by atoms with Crippen molar-refractivity contribution in [3.8, 4) is 39.1 Å². The van der Waals surface area contributed by atoms with Crippen molar-refractivity contribution in [2.24, 2.45) is 0 Å². The van der Waals surface area contributed by atoms with Gasteiger partial charge in [-0.15, -0.1) is 0 Å². The summed E-state index contributed by atoms with van der Waals surface area (Å²) in [6.45, 7) is 0. The van der Waals surface area contributed by atoms with Gasteiger partial charge in [0.25, 0.3) is 0 Å². The van der Waals surface area contributed by atoms with Crippen LogP contribution in [-0.2, 0) is 0 Å². The molecule has 3 heteroatoms. The van der Waals surface area contributed by atoms with E-state index in [1.165, 1.54) is 56.8 Å². The van der Waals surface area contributed by atoms with Gasteiger partial charge in [-0.05, 0) is 0 Å². The maximum absolute atomic E-state index is 6.66. The zero-order valence-corrected chi connectivity index (χ0v) is 26.3. The molecule has 7 aromatic carbocycles. The van der Waals surface area contributed by atoms with E-state index in [0.717, 1.165) is 33.2 Å². The second-order valence-corrected chi connectivity index (χ2v) is 14.4. The van der Waals surface area contributed by atoms with E-state index in [1.54, 1.807) is 0 Å². The first-order valence-corrected chi connectivity index (χ1v) is 17.4. The van der Waals surface area contributed by atoms with E-state index in [2.05, 4.69) is 150 Å². The van der Waals surface area contributed by atoms with Crippen LogP contribution in [0.1, 0.15) is 0 Å². The fraction of sp³-hybridized carbons (Fsp3) is 0. The number of hydrogen-bond acceptors (Lipinski definition) is 1. The van der Waals surface area contributed by atoms with Gasteiger partial charge in [-0.2, -0.15) is 0 Å². The molecule has 0 saturated carbocycles. The molecule has 0 bridgehead atoms. The van der Waals surface area contributed by atoms with Crippen molar-refractivity contribution in [3.05, 3.63) is 159 Å². The minimum atomic E-state index is -0.287. The van der Waals surface area contributed by atoms with Crippen molar-refractivity contribution >= 4 is 43.7 Å². The molecule has 1 aliphatic heterocycles. The number of furan rings is 1. The normalized spacial score (nSPS) is 12.5. The van der Waals surface area contributed by atoms with Gasteiger partial charge in [-0.1, -0.05) is 0 Å². The van der Waals surface area contributed by atoms with Gasteiger partial charge in [-0.25, -0.2) is 0 Å². The summed E-state index contributed by atoms with van der Waals surface area (Å²) in [5.41, 5.74) is 13.1. The Morgan fingerprint density at radius 1 is 0.467 bits per heavy atom. The summed E-state index contributed by atoms with van der Waals surface area (Å²) in [5.74, 6) is 0. The average Bonchev–Trinajstić information content (AvgIpc) is 3.78. The second-order valence-electron chi connectivity index (χ2n) is 11.6. The standard InChI is InChI=1S/C42H25INO/c1-2-12-27(13-3-1)44-38-22-8-5-15-30(38)35-24-26(28-17-10-18-32-29-14-4-7-21-37(29)43-40(28)32)25-36(41(35)44)34-20-11-19-33-31-16-6-9-23-39(31)45-42(33)34/h1-25H/q-1. The van der Waals surface area contributed by atoms with Gasteiger partial charge in [0, 0.05) is 0 Å². The van der Waals surface area contributed by atoms with Crippen molar-refractivity contribution in [2.45, 2.75) is 0 Å². The monoisotopic (exact) mass is 686 g/mol. The SMILES string of the molecule is c1ccc(-n2c3ccccc3c3cc(-c4cccc5c4[I-]c4ccccc4-5)cc(-c4cccc5c4oc4ccccc45)c32)cc1. The third-order valence-corrected chi connectivity index (χ3v) is 12.4. The van der Waals surface area contributed by atoms with Crippen LogP contribution in [0.25, 0.3) is 82.8 Å². The van der Waals surface area contributed by atoms with E-state index in [0.29, 0.717) is 0 Å². The molecule has 2 aromatic heterocycles. The quantitative estimate of drug-likeness (QED) is 0.172. The summed E-state index contributed by atoms with van der Waals surface area (Å²) in [5, 5.41) is 4.79. The first kappa shape index (κ1) is 25.2. The number of halogens is 1.